The van der Waals surface area contributed by atoms with E-state index in [9.17, 15) is 0 Å². The second-order valence-corrected chi connectivity index (χ2v) is 4.29. The molecule has 0 fully saturated rings. The van der Waals surface area contributed by atoms with Gasteiger partial charge in [-0.2, -0.15) is 10.4 Å². The van der Waals surface area contributed by atoms with E-state index < -0.39 is 0 Å². The van der Waals surface area contributed by atoms with E-state index in [0.717, 1.165) is 11.3 Å². The SMILES string of the molecule is Cc1nn(C)c(C#N)c1C(C)(C)C. The number of nitriles is 1. The Kier molecular flexibility index (Phi) is 2.17. The van der Waals surface area contributed by atoms with Crippen LogP contribution in [0.25, 0.3) is 0 Å². The van der Waals surface area contributed by atoms with E-state index in [1.165, 1.54) is 0 Å². The zero-order valence-electron chi connectivity index (χ0n) is 8.84. The van der Waals surface area contributed by atoms with Crippen molar-refractivity contribution in [1.29, 1.82) is 5.26 Å². The second-order valence-electron chi connectivity index (χ2n) is 4.29. The second kappa shape index (κ2) is 2.88. The van der Waals surface area contributed by atoms with Crippen LogP contribution in [-0.2, 0) is 12.5 Å². The summed E-state index contributed by atoms with van der Waals surface area (Å²) in [6.45, 7) is 8.23. The minimum absolute atomic E-state index is 0.0105. The van der Waals surface area contributed by atoms with Crippen molar-refractivity contribution in [3.05, 3.63) is 17.0 Å². The molecule has 0 saturated heterocycles. The van der Waals surface area contributed by atoms with E-state index in [4.69, 9.17) is 5.26 Å². The summed E-state index contributed by atoms with van der Waals surface area (Å²) in [6.07, 6.45) is 0. The van der Waals surface area contributed by atoms with Crippen molar-refractivity contribution in [2.24, 2.45) is 7.05 Å². The molecule has 0 unspecified atom stereocenters. The summed E-state index contributed by atoms with van der Waals surface area (Å²) in [5, 5.41) is 13.2. The van der Waals surface area contributed by atoms with Crippen LogP contribution in [-0.4, -0.2) is 9.78 Å². The third-order valence-electron chi connectivity index (χ3n) is 2.08. The van der Waals surface area contributed by atoms with Crippen molar-refractivity contribution >= 4 is 0 Å². The van der Waals surface area contributed by atoms with E-state index in [-0.39, 0.29) is 5.41 Å². The van der Waals surface area contributed by atoms with Crippen molar-refractivity contribution in [2.75, 3.05) is 0 Å². The summed E-state index contributed by atoms with van der Waals surface area (Å²) in [7, 11) is 1.81. The Hall–Kier alpha value is -1.30. The molecular weight excluding hydrogens is 162 g/mol. The molecule has 0 N–H and O–H groups in total. The van der Waals surface area contributed by atoms with E-state index in [1.807, 2.05) is 6.92 Å². The van der Waals surface area contributed by atoms with Gasteiger partial charge >= 0.3 is 0 Å². The monoisotopic (exact) mass is 177 g/mol. The lowest BCUT2D eigenvalue weighted by molar-refractivity contribution is 0.583. The largest absolute Gasteiger partial charge is 0.257 e. The molecule has 3 nitrogen and oxygen atoms in total. The molecule has 3 heteroatoms. The molecule has 70 valence electrons. The number of nitrogens with zero attached hydrogens (tertiary/aromatic N) is 3. The summed E-state index contributed by atoms with van der Waals surface area (Å²) in [5.74, 6) is 0. The zero-order chi connectivity index (χ0) is 10.2. The minimum atomic E-state index is -0.0105. The molecule has 0 bridgehead atoms. The van der Waals surface area contributed by atoms with Gasteiger partial charge in [-0.15, -0.1) is 0 Å². The first-order chi connectivity index (χ1) is 5.88. The van der Waals surface area contributed by atoms with Gasteiger partial charge in [-0.05, 0) is 12.3 Å². The van der Waals surface area contributed by atoms with Crippen molar-refractivity contribution < 1.29 is 0 Å². The van der Waals surface area contributed by atoms with Crippen molar-refractivity contribution in [3.63, 3.8) is 0 Å². The molecule has 13 heavy (non-hydrogen) atoms. The molecule has 0 aliphatic carbocycles. The van der Waals surface area contributed by atoms with Gasteiger partial charge in [0.25, 0.3) is 0 Å². The van der Waals surface area contributed by atoms with Crippen molar-refractivity contribution in [2.45, 2.75) is 33.1 Å². The van der Waals surface area contributed by atoms with Crippen LogP contribution in [0.1, 0.15) is 37.7 Å². The molecule has 0 aliphatic heterocycles. The number of aromatic nitrogens is 2. The zero-order valence-corrected chi connectivity index (χ0v) is 8.84. The third-order valence-corrected chi connectivity index (χ3v) is 2.08. The topological polar surface area (TPSA) is 41.6 Å². The van der Waals surface area contributed by atoms with Gasteiger partial charge in [-0.1, -0.05) is 20.8 Å². The molecule has 0 spiro atoms. The predicted molar refractivity (Wildman–Crippen MR) is 51.4 cm³/mol. The Morgan fingerprint density at radius 1 is 1.38 bits per heavy atom. The molecular formula is C10H15N3. The van der Waals surface area contributed by atoms with Gasteiger partial charge in [0.05, 0.1) is 5.69 Å². The highest BCUT2D eigenvalue weighted by Crippen LogP contribution is 2.27. The Balaban J connectivity index is 3.45. The maximum atomic E-state index is 8.97. The fourth-order valence-electron chi connectivity index (χ4n) is 1.68. The number of hydrogen-bond donors (Lipinski definition) is 0. The Morgan fingerprint density at radius 3 is 2.23 bits per heavy atom. The third kappa shape index (κ3) is 1.57. The Labute approximate surface area is 79.0 Å². The quantitative estimate of drug-likeness (QED) is 0.607. The molecule has 0 radical (unpaired) electrons. The fraction of sp³-hybridized carbons (Fsp3) is 0.600. The summed E-state index contributed by atoms with van der Waals surface area (Å²) in [5.41, 5.74) is 2.66. The predicted octanol–water partition coefficient (Wildman–Crippen LogP) is 1.90. The number of hydrogen-bond acceptors (Lipinski definition) is 2. The summed E-state index contributed by atoms with van der Waals surface area (Å²) in [4.78, 5) is 0. The lowest BCUT2D eigenvalue weighted by Crippen LogP contribution is -2.14. The molecule has 0 aromatic carbocycles. The Bertz CT molecular complexity index is 361. The molecule has 1 aromatic heterocycles. The van der Waals surface area contributed by atoms with Gasteiger partial charge < -0.3 is 0 Å². The van der Waals surface area contributed by atoms with Gasteiger partial charge in [0, 0.05) is 12.6 Å². The highest BCUT2D eigenvalue weighted by Gasteiger charge is 2.24. The van der Waals surface area contributed by atoms with Crippen LogP contribution < -0.4 is 0 Å². The molecule has 1 heterocycles. The smallest absolute Gasteiger partial charge is 0.142 e. The summed E-state index contributed by atoms with van der Waals surface area (Å²) < 4.78 is 1.65. The lowest BCUT2D eigenvalue weighted by atomic mass is 9.85. The van der Waals surface area contributed by atoms with Gasteiger partial charge in [-0.3, -0.25) is 4.68 Å². The van der Waals surface area contributed by atoms with Crippen LogP contribution >= 0.6 is 0 Å². The molecule has 0 amide bonds. The molecule has 1 aromatic rings. The maximum absolute atomic E-state index is 8.97. The van der Waals surface area contributed by atoms with Gasteiger partial charge in [-0.25, -0.2) is 0 Å². The summed E-state index contributed by atoms with van der Waals surface area (Å²) in [6, 6.07) is 2.19. The number of aryl methyl sites for hydroxylation is 2. The minimum Gasteiger partial charge on any atom is -0.257 e. The first kappa shape index (κ1) is 9.79. The highest BCUT2D eigenvalue weighted by molar-refractivity contribution is 5.39. The van der Waals surface area contributed by atoms with Crippen LogP contribution in [0, 0.1) is 18.3 Å². The Morgan fingerprint density at radius 2 is 1.92 bits per heavy atom. The first-order valence-electron chi connectivity index (χ1n) is 4.32. The van der Waals surface area contributed by atoms with Gasteiger partial charge in [0.1, 0.15) is 11.8 Å². The summed E-state index contributed by atoms with van der Waals surface area (Å²) >= 11 is 0. The molecule has 0 aliphatic rings. The first-order valence-corrected chi connectivity index (χ1v) is 4.32. The van der Waals surface area contributed by atoms with E-state index >= 15 is 0 Å². The molecule has 1 rings (SSSR count). The van der Waals surface area contributed by atoms with Crippen LogP contribution in [0.4, 0.5) is 0 Å². The normalized spacial score (nSPS) is 11.4. The van der Waals surface area contributed by atoms with Crippen molar-refractivity contribution in [3.8, 4) is 6.07 Å². The van der Waals surface area contributed by atoms with Crippen LogP contribution in [0.15, 0.2) is 0 Å². The van der Waals surface area contributed by atoms with E-state index in [1.54, 1.807) is 11.7 Å². The standard InChI is InChI=1S/C10H15N3/c1-7-9(10(2,3)4)8(6-11)13(5)12-7/h1-5H3. The highest BCUT2D eigenvalue weighted by atomic mass is 15.3. The maximum Gasteiger partial charge on any atom is 0.142 e. The average molecular weight is 177 g/mol. The van der Waals surface area contributed by atoms with Gasteiger partial charge in [0.2, 0.25) is 0 Å². The average Bonchev–Trinajstić information content (AvgIpc) is 2.23. The number of rotatable bonds is 0. The van der Waals surface area contributed by atoms with Crippen molar-refractivity contribution in [1.82, 2.24) is 9.78 Å². The molecule has 0 saturated carbocycles. The van der Waals surface area contributed by atoms with Crippen LogP contribution in [0.5, 0.6) is 0 Å². The van der Waals surface area contributed by atoms with E-state index in [0.29, 0.717) is 5.69 Å². The lowest BCUT2D eigenvalue weighted by Gasteiger charge is -2.17. The van der Waals surface area contributed by atoms with Gasteiger partial charge in [0.15, 0.2) is 0 Å². The molecule has 0 atom stereocenters. The van der Waals surface area contributed by atoms with Crippen LogP contribution in [0.2, 0.25) is 0 Å². The van der Waals surface area contributed by atoms with Crippen LogP contribution in [0.3, 0.4) is 0 Å². The fourth-order valence-corrected chi connectivity index (χ4v) is 1.68. The van der Waals surface area contributed by atoms with E-state index in [2.05, 4.69) is 31.9 Å².